The lowest BCUT2D eigenvalue weighted by atomic mass is 9.72. The number of nitrogens with zero attached hydrogens (tertiary/aromatic N) is 2. The normalized spacial score (nSPS) is 16.7. The molecule has 0 radical (unpaired) electrons. The van der Waals surface area contributed by atoms with Crippen LogP contribution in [0, 0.1) is 11.3 Å². The average molecular weight is 373 g/mol. The van der Waals surface area contributed by atoms with Crippen LogP contribution in [0.15, 0.2) is 18.5 Å². The van der Waals surface area contributed by atoms with E-state index in [2.05, 4.69) is 41.6 Å². The second-order valence-corrected chi connectivity index (χ2v) is 8.70. The SMILES string of the molecule is CC(C)(C)C1CCc2sc(C(=O)NNC(=O)c3nccnc3N)cc2C1. The Morgan fingerprint density at radius 2 is 1.88 bits per heavy atom. The van der Waals surface area contributed by atoms with Crippen molar-refractivity contribution in [3.63, 3.8) is 0 Å². The molecule has 138 valence electrons. The molecule has 2 heterocycles. The van der Waals surface area contributed by atoms with Gasteiger partial charge in [-0.05, 0) is 42.2 Å². The molecule has 0 saturated heterocycles. The highest BCUT2D eigenvalue weighted by molar-refractivity contribution is 7.14. The Hall–Kier alpha value is -2.48. The zero-order valence-electron chi connectivity index (χ0n) is 15.1. The fourth-order valence-corrected chi connectivity index (χ4v) is 4.24. The molecule has 8 heteroatoms. The number of nitrogen functional groups attached to an aromatic ring is 1. The van der Waals surface area contributed by atoms with Crippen molar-refractivity contribution in [2.45, 2.75) is 40.0 Å². The topological polar surface area (TPSA) is 110 Å². The third kappa shape index (κ3) is 3.85. The largest absolute Gasteiger partial charge is 0.382 e. The van der Waals surface area contributed by atoms with Crippen LogP contribution in [0.25, 0.3) is 0 Å². The van der Waals surface area contributed by atoms with Crippen LogP contribution >= 0.6 is 11.3 Å². The lowest BCUT2D eigenvalue weighted by Gasteiger charge is -2.33. The van der Waals surface area contributed by atoms with Crippen LogP contribution in [0.4, 0.5) is 5.82 Å². The fraction of sp³-hybridized carbons (Fsp3) is 0.444. The molecule has 0 bridgehead atoms. The first-order chi connectivity index (χ1) is 12.3. The number of hydrogen-bond donors (Lipinski definition) is 3. The monoisotopic (exact) mass is 373 g/mol. The summed E-state index contributed by atoms with van der Waals surface area (Å²) in [6.07, 6.45) is 5.89. The molecule has 2 aromatic rings. The second-order valence-electron chi connectivity index (χ2n) is 7.56. The van der Waals surface area contributed by atoms with Crippen molar-refractivity contribution in [1.29, 1.82) is 0 Å². The number of thiophene rings is 1. The van der Waals surface area contributed by atoms with E-state index in [0.29, 0.717) is 10.8 Å². The maximum Gasteiger partial charge on any atom is 0.292 e. The van der Waals surface area contributed by atoms with Gasteiger partial charge < -0.3 is 5.73 Å². The Morgan fingerprint density at radius 3 is 2.58 bits per heavy atom. The first kappa shape index (κ1) is 18.3. The van der Waals surface area contributed by atoms with Gasteiger partial charge in [-0.15, -0.1) is 11.3 Å². The van der Waals surface area contributed by atoms with Crippen LogP contribution < -0.4 is 16.6 Å². The molecule has 1 aliphatic rings. The van der Waals surface area contributed by atoms with E-state index in [9.17, 15) is 9.59 Å². The van der Waals surface area contributed by atoms with Gasteiger partial charge in [0.05, 0.1) is 4.88 Å². The minimum absolute atomic E-state index is 0.0130. The smallest absolute Gasteiger partial charge is 0.292 e. The first-order valence-corrected chi connectivity index (χ1v) is 9.36. The molecular formula is C18H23N5O2S. The van der Waals surface area contributed by atoms with Gasteiger partial charge >= 0.3 is 0 Å². The number of aryl methyl sites for hydroxylation is 1. The molecule has 3 rings (SSSR count). The number of nitrogens with two attached hydrogens (primary N) is 1. The fourth-order valence-electron chi connectivity index (χ4n) is 3.13. The van der Waals surface area contributed by atoms with Gasteiger partial charge in [-0.25, -0.2) is 9.97 Å². The molecule has 2 aromatic heterocycles. The molecule has 0 fully saturated rings. The van der Waals surface area contributed by atoms with Gasteiger partial charge in [0.15, 0.2) is 11.5 Å². The maximum atomic E-state index is 12.4. The van der Waals surface area contributed by atoms with E-state index < -0.39 is 5.91 Å². The van der Waals surface area contributed by atoms with Crippen molar-refractivity contribution in [3.05, 3.63) is 39.5 Å². The predicted octanol–water partition coefficient (Wildman–Crippen LogP) is 2.35. The molecule has 7 nitrogen and oxygen atoms in total. The Balaban J connectivity index is 1.64. The van der Waals surface area contributed by atoms with E-state index in [1.54, 1.807) is 0 Å². The summed E-state index contributed by atoms with van der Waals surface area (Å²) < 4.78 is 0. The standard InChI is InChI=1S/C18H23N5O2S/c1-18(2,3)11-4-5-12-10(8-11)9-13(26-12)16(24)22-23-17(25)14-15(19)21-7-6-20-14/h6-7,9,11H,4-5,8H2,1-3H3,(H2,19,21)(H,22,24)(H,23,25). The third-order valence-corrected chi connectivity index (χ3v) is 6.00. The van der Waals surface area contributed by atoms with E-state index in [1.165, 1.54) is 34.2 Å². The number of rotatable bonds is 2. The minimum atomic E-state index is -0.599. The van der Waals surface area contributed by atoms with E-state index in [4.69, 9.17) is 5.73 Å². The highest BCUT2D eigenvalue weighted by atomic mass is 32.1. The van der Waals surface area contributed by atoms with Gasteiger partial charge in [-0.3, -0.25) is 20.4 Å². The Morgan fingerprint density at radius 1 is 1.19 bits per heavy atom. The Labute approximate surface area is 156 Å². The van der Waals surface area contributed by atoms with Gasteiger partial charge in [0.1, 0.15) is 0 Å². The summed E-state index contributed by atoms with van der Waals surface area (Å²) in [4.78, 5) is 33.9. The summed E-state index contributed by atoms with van der Waals surface area (Å²) in [7, 11) is 0. The van der Waals surface area contributed by atoms with Crippen LogP contribution in [0.1, 0.15) is 57.8 Å². The highest BCUT2D eigenvalue weighted by Crippen LogP contribution is 2.40. The van der Waals surface area contributed by atoms with Crippen LogP contribution in [0.3, 0.4) is 0 Å². The summed E-state index contributed by atoms with van der Waals surface area (Å²) in [6, 6.07) is 1.94. The lowest BCUT2D eigenvalue weighted by molar-refractivity contribution is 0.0846. The predicted molar refractivity (Wildman–Crippen MR) is 101 cm³/mol. The average Bonchev–Trinajstić information content (AvgIpc) is 3.02. The number of aromatic nitrogens is 2. The van der Waals surface area contributed by atoms with Crippen LogP contribution in [0.2, 0.25) is 0 Å². The van der Waals surface area contributed by atoms with Crippen LogP contribution in [-0.4, -0.2) is 21.8 Å². The molecule has 0 aromatic carbocycles. The number of amides is 2. The molecule has 0 saturated carbocycles. The summed E-state index contributed by atoms with van der Waals surface area (Å²) in [5.74, 6) is -0.315. The van der Waals surface area contributed by atoms with Crippen molar-refractivity contribution < 1.29 is 9.59 Å². The van der Waals surface area contributed by atoms with E-state index >= 15 is 0 Å². The van der Waals surface area contributed by atoms with Crippen molar-refractivity contribution in [3.8, 4) is 0 Å². The Bertz CT molecular complexity index is 840. The number of carbonyl (C=O) groups excluding carboxylic acids is 2. The molecule has 0 aliphatic heterocycles. The summed E-state index contributed by atoms with van der Waals surface area (Å²) in [5.41, 5.74) is 11.8. The van der Waals surface area contributed by atoms with Crippen molar-refractivity contribution in [2.75, 3.05) is 5.73 Å². The third-order valence-electron chi connectivity index (χ3n) is 4.76. The van der Waals surface area contributed by atoms with Crippen LogP contribution in [0.5, 0.6) is 0 Å². The number of hydrazine groups is 1. The maximum absolute atomic E-state index is 12.4. The number of fused-ring (bicyclic) bond motifs is 1. The number of anilines is 1. The van der Waals surface area contributed by atoms with Crippen molar-refractivity contribution >= 4 is 29.0 Å². The zero-order chi connectivity index (χ0) is 18.9. The van der Waals surface area contributed by atoms with Gasteiger partial charge in [0.25, 0.3) is 11.8 Å². The quantitative estimate of drug-likeness (QED) is 0.700. The highest BCUT2D eigenvalue weighted by Gasteiger charge is 2.30. The van der Waals surface area contributed by atoms with Crippen LogP contribution in [-0.2, 0) is 12.8 Å². The molecular weight excluding hydrogens is 350 g/mol. The van der Waals surface area contributed by atoms with Gasteiger partial charge in [-0.1, -0.05) is 20.8 Å². The summed E-state index contributed by atoms with van der Waals surface area (Å²) >= 11 is 1.49. The molecule has 1 aliphatic carbocycles. The van der Waals surface area contributed by atoms with Gasteiger partial charge in [-0.2, -0.15) is 0 Å². The van der Waals surface area contributed by atoms with E-state index in [1.807, 2.05) is 6.07 Å². The zero-order valence-corrected chi connectivity index (χ0v) is 15.9. The van der Waals surface area contributed by atoms with Gasteiger partial charge in [0.2, 0.25) is 0 Å². The number of nitrogens with one attached hydrogen (secondary N) is 2. The molecule has 2 amide bonds. The molecule has 0 spiro atoms. The first-order valence-electron chi connectivity index (χ1n) is 8.54. The lowest BCUT2D eigenvalue weighted by Crippen LogP contribution is -2.42. The second kappa shape index (κ2) is 7.03. The molecule has 1 unspecified atom stereocenters. The molecule has 26 heavy (non-hydrogen) atoms. The number of hydrogen-bond acceptors (Lipinski definition) is 6. The summed E-state index contributed by atoms with van der Waals surface area (Å²) in [6.45, 7) is 6.78. The van der Waals surface area contributed by atoms with Crippen molar-refractivity contribution in [1.82, 2.24) is 20.8 Å². The summed E-state index contributed by atoms with van der Waals surface area (Å²) in [5, 5.41) is 0. The Kier molecular flexibility index (Phi) is 4.95. The number of carbonyl (C=O) groups is 2. The van der Waals surface area contributed by atoms with E-state index in [0.717, 1.165) is 19.3 Å². The molecule has 1 atom stereocenters. The minimum Gasteiger partial charge on any atom is -0.382 e. The molecule has 4 N–H and O–H groups in total. The van der Waals surface area contributed by atoms with Crippen molar-refractivity contribution in [2.24, 2.45) is 11.3 Å². The van der Waals surface area contributed by atoms with Gasteiger partial charge in [0, 0.05) is 17.3 Å². The van der Waals surface area contributed by atoms with E-state index in [-0.39, 0.29) is 22.8 Å².